The van der Waals surface area contributed by atoms with Gasteiger partial charge in [-0.3, -0.25) is 0 Å². The average Bonchev–Trinajstić information content (AvgIpc) is 2.45. The maximum atomic E-state index is 11.8. The van der Waals surface area contributed by atoms with Crippen molar-refractivity contribution in [1.82, 2.24) is 0 Å². The van der Waals surface area contributed by atoms with Gasteiger partial charge in [0.15, 0.2) is 23.5 Å². The van der Waals surface area contributed by atoms with Crippen LogP contribution in [0.2, 0.25) is 18.1 Å². The Hall–Kier alpha value is 0.381. The van der Waals surface area contributed by atoms with Crippen LogP contribution in [0, 0.1) is 47.5 Å². The second-order valence-corrected chi connectivity index (χ2v) is 12.9. The van der Waals surface area contributed by atoms with Crippen LogP contribution in [-0.2, 0) is 22.1 Å². The van der Waals surface area contributed by atoms with E-state index in [1.165, 1.54) is 0 Å². The zero-order valence-corrected chi connectivity index (χ0v) is 15.2. The Morgan fingerprint density at radius 3 is 1.73 bits per heavy atom. The molecule has 0 saturated carbocycles. The van der Waals surface area contributed by atoms with Gasteiger partial charge in [-0.05, 0) is 44.7 Å². The highest BCUT2D eigenvalue weighted by Gasteiger charge is 2.42. The average molecular weight is 359 g/mol. The van der Waals surface area contributed by atoms with Gasteiger partial charge in [0.05, 0.1) is 0 Å². The van der Waals surface area contributed by atoms with Gasteiger partial charge in [0.25, 0.3) is 0 Å². The molecular formula is C13H19FO5Si3. The highest BCUT2D eigenvalue weighted by Crippen LogP contribution is 2.26. The number of halogens is 1. The lowest BCUT2D eigenvalue weighted by Gasteiger charge is -2.34. The lowest BCUT2D eigenvalue weighted by molar-refractivity contribution is 0.0581. The van der Waals surface area contributed by atoms with Gasteiger partial charge < -0.3 is 22.1 Å². The molecule has 0 saturated heterocycles. The molecule has 0 aromatic carbocycles. The van der Waals surface area contributed by atoms with Gasteiger partial charge in [0.1, 0.15) is 21.3 Å². The molecule has 0 spiro atoms. The van der Waals surface area contributed by atoms with Gasteiger partial charge >= 0.3 is 8.80 Å². The Morgan fingerprint density at radius 1 is 0.773 bits per heavy atom. The third-order valence-electron chi connectivity index (χ3n) is 2.67. The molecule has 9 heteroatoms. The molecule has 14 radical (unpaired) electrons. The lowest BCUT2D eigenvalue weighted by Crippen LogP contribution is -2.49. The number of hydrogen-bond acceptors (Lipinski definition) is 5. The van der Waals surface area contributed by atoms with Crippen molar-refractivity contribution in [3.8, 4) is 0 Å². The van der Waals surface area contributed by atoms with Crippen molar-refractivity contribution in [2.45, 2.75) is 24.6 Å². The summed E-state index contributed by atoms with van der Waals surface area (Å²) in [6, 6.07) is 0.424. The SMILES string of the molecule is [CH]O[Si](CC[Si]([CH])([CH])O[Si]([CH])([CH])CCCOCF)(O[CH])O[CH]. The predicted octanol–water partition coefficient (Wildman–Crippen LogP) is 2.22. The van der Waals surface area contributed by atoms with Crippen LogP contribution in [0.25, 0.3) is 0 Å². The van der Waals surface area contributed by atoms with Crippen LogP contribution in [0.5, 0.6) is 0 Å². The number of rotatable bonds is 13. The quantitative estimate of drug-likeness (QED) is 0.373. The molecule has 0 aliphatic rings. The summed E-state index contributed by atoms with van der Waals surface area (Å²) in [4.78, 5) is 0. The molecule has 120 valence electrons. The monoisotopic (exact) mass is 358 g/mol. The van der Waals surface area contributed by atoms with Gasteiger partial charge in [-0.15, -0.1) is 0 Å². The minimum atomic E-state index is -3.44. The summed E-state index contributed by atoms with van der Waals surface area (Å²) in [5.41, 5.74) is 0. The van der Waals surface area contributed by atoms with E-state index in [4.69, 9.17) is 51.6 Å². The van der Waals surface area contributed by atoms with E-state index in [0.717, 1.165) is 0 Å². The van der Waals surface area contributed by atoms with E-state index >= 15 is 0 Å². The van der Waals surface area contributed by atoms with Gasteiger partial charge in [-0.25, -0.2) is 4.39 Å². The molecule has 0 amide bonds. The fourth-order valence-electron chi connectivity index (χ4n) is 1.57. The molecule has 0 rings (SSSR count). The first kappa shape index (κ1) is 22.4. The predicted molar refractivity (Wildman–Crippen MR) is 82.7 cm³/mol. The maximum absolute atomic E-state index is 11.8. The highest BCUT2D eigenvalue weighted by atomic mass is 28.4. The Morgan fingerprint density at radius 2 is 1.27 bits per heavy atom. The van der Waals surface area contributed by atoms with E-state index < -0.39 is 32.3 Å². The van der Waals surface area contributed by atoms with Crippen LogP contribution in [-0.4, -0.2) is 38.9 Å². The number of ether oxygens (including phenoxy) is 1. The first-order valence-corrected chi connectivity index (χ1v) is 12.8. The van der Waals surface area contributed by atoms with E-state index in [1.54, 1.807) is 0 Å². The van der Waals surface area contributed by atoms with Crippen molar-refractivity contribution in [2.24, 2.45) is 0 Å². The van der Waals surface area contributed by atoms with Gasteiger partial charge in [0.2, 0.25) is 0 Å². The zero-order chi connectivity index (χ0) is 17.3. The molecule has 0 aliphatic heterocycles. The number of alkyl halides is 1. The van der Waals surface area contributed by atoms with Crippen LogP contribution in [0.1, 0.15) is 6.42 Å². The molecule has 5 nitrogen and oxygen atoms in total. The molecule has 22 heavy (non-hydrogen) atoms. The Kier molecular flexibility index (Phi) is 10.5. The summed E-state index contributed by atoms with van der Waals surface area (Å²) in [5.74, 6) is 0. The summed E-state index contributed by atoms with van der Waals surface area (Å²) in [5, 5.41) is 0. The van der Waals surface area contributed by atoms with Gasteiger partial charge in [-0.2, -0.15) is 0 Å². The lowest BCUT2D eigenvalue weighted by atomic mass is 10.5. The summed E-state index contributed by atoms with van der Waals surface area (Å²) < 4.78 is 35.5. The van der Waals surface area contributed by atoms with Crippen molar-refractivity contribution < 1.29 is 26.5 Å². The second-order valence-electron chi connectivity index (χ2n) is 4.67. The normalized spacial score (nSPS) is 13.6. The van der Waals surface area contributed by atoms with Crippen LogP contribution < -0.4 is 0 Å². The molecule has 0 bridgehead atoms. The standard InChI is InChI=1S/C13H19FO5Si3/c1-15-22(16-2,17-3)12-11-21(6,7)19-20(4,5)10-8-9-18-13-14/h1-7H,8-13H2. The smallest absolute Gasteiger partial charge is 0.454 e. The van der Waals surface area contributed by atoms with E-state index in [2.05, 4.69) is 18.0 Å². The molecular weight excluding hydrogens is 339 g/mol. The molecule has 0 N–H and O–H groups in total. The largest absolute Gasteiger partial charge is 0.502 e. The van der Waals surface area contributed by atoms with Crippen LogP contribution >= 0.6 is 0 Å². The summed E-state index contributed by atoms with van der Waals surface area (Å²) >= 11 is 0. The second kappa shape index (κ2) is 10.3. The summed E-state index contributed by atoms with van der Waals surface area (Å²) in [6.07, 6.45) is 0.427. The van der Waals surface area contributed by atoms with E-state index in [-0.39, 0.29) is 18.7 Å². The van der Waals surface area contributed by atoms with Crippen LogP contribution in [0.4, 0.5) is 4.39 Å². The molecule has 0 aromatic rings. The molecule has 0 aliphatic carbocycles. The van der Waals surface area contributed by atoms with Crippen LogP contribution in [0.15, 0.2) is 0 Å². The first-order chi connectivity index (χ1) is 10.2. The Bertz CT molecular complexity index is 293. The van der Waals surface area contributed by atoms with Crippen molar-refractivity contribution in [3.05, 3.63) is 47.5 Å². The van der Waals surface area contributed by atoms with Crippen molar-refractivity contribution in [3.63, 3.8) is 0 Å². The minimum Gasteiger partial charge on any atom is -0.454 e. The fourth-order valence-corrected chi connectivity index (χ4v) is 9.22. The fraction of sp³-hybridized carbons (Fsp3) is 0.462. The first-order valence-electron chi connectivity index (χ1n) is 6.29. The Labute approximate surface area is 138 Å². The third kappa shape index (κ3) is 8.87. The molecule has 0 atom stereocenters. The van der Waals surface area contributed by atoms with Crippen molar-refractivity contribution >= 4 is 25.4 Å². The molecule has 0 aromatic heterocycles. The number of hydrogen-bond donors (Lipinski definition) is 0. The maximum Gasteiger partial charge on any atom is 0.502 e. The highest BCUT2D eigenvalue weighted by molar-refractivity contribution is 6.91. The third-order valence-corrected chi connectivity index (χ3v) is 10.3. The topological polar surface area (TPSA) is 46.2 Å². The van der Waals surface area contributed by atoms with Crippen molar-refractivity contribution in [2.75, 3.05) is 13.5 Å². The summed E-state index contributed by atoms with van der Waals surface area (Å²) in [7, 11) is 5.33. The van der Waals surface area contributed by atoms with Crippen LogP contribution in [0.3, 0.4) is 0 Å². The van der Waals surface area contributed by atoms with E-state index in [9.17, 15) is 4.39 Å². The molecule has 0 fully saturated rings. The molecule has 0 heterocycles. The zero-order valence-electron chi connectivity index (χ0n) is 12.2. The van der Waals surface area contributed by atoms with E-state index in [1.807, 2.05) is 0 Å². The van der Waals surface area contributed by atoms with Gasteiger partial charge in [-0.1, -0.05) is 0 Å². The van der Waals surface area contributed by atoms with Gasteiger partial charge in [0, 0.05) is 12.7 Å². The summed E-state index contributed by atoms with van der Waals surface area (Å²) in [6.45, 7) is 22.9. The van der Waals surface area contributed by atoms with Crippen molar-refractivity contribution in [1.29, 1.82) is 0 Å². The molecule has 0 unspecified atom stereocenters. The minimum absolute atomic E-state index is 0.0329. The van der Waals surface area contributed by atoms with E-state index in [0.29, 0.717) is 12.5 Å². The Balaban J connectivity index is 4.42.